The topological polar surface area (TPSA) is 59.1 Å². The highest BCUT2D eigenvalue weighted by Crippen LogP contribution is 2.41. The number of rotatable bonds is 1. The molecule has 6 nitrogen and oxygen atoms in total. The summed E-state index contributed by atoms with van der Waals surface area (Å²) < 4.78 is 11.9. The van der Waals surface area contributed by atoms with Gasteiger partial charge >= 0.3 is 6.09 Å². The summed E-state index contributed by atoms with van der Waals surface area (Å²) >= 11 is 0. The van der Waals surface area contributed by atoms with Crippen LogP contribution in [0.2, 0.25) is 0 Å². The first-order valence-electron chi connectivity index (χ1n) is 10.3. The van der Waals surface area contributed by atoms with Crippen molar-refractivity contribution in [1.82, 2.24) is 4.90 Å². The molecule has 152 valence electrons. The molecule has 0 N–H and O–H groups in total. The highest BCUT2D eigenvalue weighted by molar-refractivity contribution is 6.00. The molecule has 0 radical (unpaired) electrons. The number of Topliss-reactive ketones (excluding diaryl/α,β-unsaturated/α-hetero) is 1. The van der Waals surface area contributed by atoms with Gasteiger partial charge in [0.05, 0.1) is 12.0 Å². The molecule has 2 fully saturated rings. The Bertz CT molecular complexity index is 769. The van der Waals surface area contributed by atoms with E-state index in [-0.39, 0.29) is 11.9 Å². The molecule has 1 aromatic carbocycles. The van der Waals surface area contributed by atoms with Crippen LogP contribution in [0.5, 0.6) is 5.75 Å². The molecule has 2 saturated heterocycles. The molecule has 0 saturated carbocycles. The number of benzene rings is 1. The van der Waals surface area contributed by atoms with Gasteiger partial charge in [0.25, 0.3) is 0 Å². The average Bonchev–Trinajstić information content (AvgIpc) is 3.15. The summed E-state index contributed by atoms with van der Waals surface area (Å²) in [7, 11) is 0. The Kier molecular flexibility index (Phi) is 4.76. The Morgan fingerprint density at radius 2 is 1.79 bits per heavy atom. The minimum atomic E-state index is -0.508. The number of ketones is 1. The first-order chi connectivity index (χ1) is 13.2. The summed E-state index contributed by atoms with van der Waals surface area (Å²) in [5.41, 5.74) is 0.802. The van der Waals surface area contributed by atoms with Crippen LogP contribution in [0.15, 0.2) is 18.2 Å². The lowest BCUT2D eigenvalue weighted by atomic mass is 9.82. The number of amides is 1. The SMILES string of the molecule is CC(C)(C)OC(=O)N1CCC2(CC1)CC(=O)c1ccc(N3CCCC3)cc1O2. The lowest BCUT2D eigenvalue weighted by Gasteiger charge is -2.44. The van der Waals surface area contributed by atoms with Crippen LogP contribution in [0.3, 0.4) is 0 Å². The van der Waals surface area contributed by atoms with Crippen molar-refractivity contribution in [3.63, 3.8) is 0 Å². The van der Waals surface area contributed by atoms with E-state index in [0.717, 1.165) is 18.8 Å². The zero-order chi connectivity index (χ0) is 19.9. The van der Waals surface area contributed by atoms with Gasteiger partial charge < -0.3 is 19.3 Å². The number of piperidine rings is 1. The molecule has 0 atom stereocenters. The number of carbonyl (C=O) groups excluding carboxylic acids is 2. The molecular formula is C22H30N2O4. The molecule has 6 heteroatoms. The minimum Gasteiger partial charge on any atom is -0.486 e. The van der Waals surface area contributed by atoms with E-state index in [2.05, 4.69) is 4.90 Å². The van der Waals surface area contributed by atoms with Gasteiger partial charge in [0.1, 0.15) is 17.0 Å². The third kappa shape index (κ3) is 3.82. The molecule has 3 heterocycles. The standard InChI is InChI=1S/C22H30N2O4/c1-21(2,3)28-20(26)24-12-8-22(9-13-24)15-18(25)17-7-6-16(14-19(17)27-22)23-10-4-5-11-23/h6-7,14H,4-5,8-13,15H2,1-3H3. The van der Waals surface area contributed by atoms with Crippen LogP contribution in [-0.4, -0.2) is 54.2 Å². The number of fused-ring (bicyclic) bond motifs is 1. The van der Waals surface area contributed by atoms with E-state index in [1.54, 1.807) is 4.90 Å². The van der Waals surface area contributed by atoms with Gasteiger partial charge in [-0.15, -0.1) is 0 Å². The average molecular weight is 386 g/mol. The molecule has 1 amide bonds. The lowest BCUT2D eigenvalue weighted by Crippen LogP contribution is -2.53. The van der Waals surface area contributed by atoms with Crippen LogP contribution in [0, 0.1) is 0 Å². The number of likely N-dealkylation sites (tertiary alicyclic amines) is 1. The third-order valence-electron chi connectivity index (χ3n) is 5.87. The molecule has 1 spiro atoms. The van der Waals surface area contributed by atoms with Gasteiger partial charge in [-0.25, -0.2) is 4.79 Å². The summed E-state index contributed by atoms with van der Waals surface area (Å²) in [6.45, 7) is 8.81. The molecule has 1 aromatic rings. The Hall–Kier alpha value is -2.24. The Morgan fingerprint density at radius 3 is 2.43 bits per heavy atom. The normalized spacial score (nSPS) is 21.5. The fourth-order valence-corrected chi connectivity index (χ4v) is 4.36. The van der Waals surface area contributed by atoms with Crippen molar-refractivity contribution < 1.29 is 19.1 Å². The fourth-order valence-electron chi connectivity index (χ4n) is 4.36. The first kappa shape index (κ1) is 19.1. The van der Waals surface area contributed by atoms with Crippen LogP contribution in [0.4, 0.5) is 10.5 Å². The van der Waals surface area contributed by atoms with Crippen molar-refractivity contribution in [2.45, 2.75) is 64.1 Å². The van der Waals surface area contributed by atoms with Crippen molar-refractivity contribution in [3.8, 4) is 5.75 Å². The van der Waals surface area contributed by atoms with Gasteiger partial charge in [0.15, 0.2) is 5.78 Å². The monoisotopic (exact) mass is 386 g/mol. The van der Waals surface area contributed by atoms with Crippen molar-refractivity contribution in [3.05, 3.63) is 23.8 Å². The predicted molar refractivity (Wildman–Crippen MR) is 107 cm³/mol. The number of carbonyl (C=O) groups is 2. The van der Waals surface area contributed by atoms with Gasteiger partial charge in [-0.05, 0) is 45.7 Å². The smallest absolute Gasteiger partial charge is 0.410 e. The molecule has 3 aliphatic heterocycles. The van der Waals surface area contributed by atoms with Crippen molar-refractivity contribution in [2.75, 3.05) is 31.1 Å². The zero-order valence-electron chi connectivity index (χ0n) is 17.1. The molecular weight excluding hydrogens is 356 g/mol. The zero-order valence-corrected chi connectivity index (χ0v) is 17.1. The van der Waals surface area contributed by atoms with Crippen LogP contribution >= 0.6 is 0 Å². The fraction of sp³-hybridized carbons (Fsp3) is 0.636. The third-order valence-corrected chi connectivity index (χ3v) is 5.87. The molecule has 0 unspecified atom stereocenters. The molecule has 0 aromatic heterocycles. The van der Waals surface area contributed by atoms with E-state index in [1.165, 1.54) is 12.8 Å². The van der Waals surface area contributed by atoms with Crippen LogP contribution in [-0.2, 0) is 4.74 Å². The van der Waals surface area contributed by atoms with E-state index in [4.69, 9.17) is 9.47 Å². The number of nitrogens with zero attached hydrogens (tertiary/aromatic N) is 2. The molecule has 3 aliphatic rings. The van der Waals surface area contributed by atoms with Crippen LogP contribution < -0.4 is 9.64 Å². The Morgan fingerprint density at radius 1 is 1.11 bits per heavy atom. The Labute approximate surface area is 166 Å². The predicted octanol–water partition coefficient (Wildman–Crippen LogP) is 4.02. The van der Waals surface area contributed by atoms with Crippen molar-refractivity contribution in [1.29, 1.82) is 0 Å². The molecule has 0 bridgehead atoms. The molecule has 4 rings (SSSR count). The van der Waals surface area contributed by atoms with E-state index < -0.39 is 11.2 Å². The van der Waals surface area contributed by atoms with Crippen LogP contribution in [0.1, 0.15) is 63.2 Å². The summed E-state index contributed by atoms with van der Waals surface area (Å²) in [5.74, 6) is 0.839. The lowest BCUT2D eigenvalue weighted by molar-refractivity contribution is -0.0225. The van der Waals surface area contributed by atoms with Gasteiger partial charge in [-0.3, -0.25) is 4.79 Å². The van der Waals surface area contributed by atoms with Gasteiger partial charge in [0.2, 0.25) is 0 Å². The van der Waals surface area contributed by atoms with Gasteiger partial charge in [-0.2, -0.15) is 0 Å². The van der Waals surface area contributed by atoms with E-state index >= 15 is 0 Å². The van der Waals surface area contributed by atoms with E-state index in [9.17, 15) is 9.59 Å². The molecule has 28 heavy (non-hydrogen) atoms. The highest BCUT2D eigenvalue weighted by Gasteiger charge is 2.44. The molecule has 0 aliphatic carbocycles. The first-order valence-corrected chi connectivity index (χ1v) is 10.3. The largest absolute Gasteiger partial charge is 0.486 e. The van der Waals surface area contributed by atoms with Crippen molar-refractivity contribution >= 4 is 17.6 Å². The maximum absolute atomic E-state index is 12.8. The number of hydrogen-bond acceptors (Lipinski definition) is 5. The Balaban J connectivity index is 1.47. The van der Waals surface area contributed by atoms with Gasteiger partial charge in [0, 0.05) is 50.8 Å². The minimum absolute atomic E-state index is 0.139. The van der Waals surface area contributed by atoms with E-state index in [1.807, 2.05) is 39.0 Å². The second kappa shape index (κ2) is 6.98. The summed E-state index contributed by atoms with van der Waals surface area (Å²) in [6, 6.07) is 5.97. The highest BCUT2D eigenvalue weighted by atomic mass is 16.6. The quantitative estimate of drug-likeness (QED) is 0.730. The number of anilines is 1. The van der Waals surface area contributed by atoms with Crippen LogP contribution in [0.25, 0.3) is 0 Å². The van der Waals surface area contributed by atoms with Gasteiger partial charge in [-0.1, -0.05) is 0 Å². The maximum Gasteiger partial charge on any atom is 0.410 e. The van der Waals surface area contributed by atoms with Crippen molar-refractivity contribution in [2.24, 2.45) is 0 Å². The summed E-state index contributed by atoms with van der Waals surface area (Å²) in [6.07, 6.45) is 3.80. The summed E-state index contributed by atoms with van der Waals surface area (Å²) in [5, 5.41) is 0. The van der Waals surface area contributed by atoms with E-state index in [0.29, 0.717) is 43.7 Å². The summed E-state index contributed by atoms with van der Waals surface area (Å²) in [4.78, 5) is 29.2. The number of ether oxygens (including phenoxy) is 2. The second-order valence-electron chi connectivity index (χ2n) is 9.23. The number of hydrogen-bond donors (Lipinski definition) is 0. The second-order valence-corrected chi connectivity index (χ2v) is 9.23. The maximum atomic E-state index is 12.8.